The van der Waals surface area contributed by atoms with Gasteiger partial charge in [-0.15, -0.1) is 23.2 Å². The van der Waals surface area contributed by atoms with Crippen LogP contribution in [0.3, 0.4) is 0 Å². The molecule has 0 saturated carbocycles. The van der Waals surface area contributed by atoms with Crippen molar-refractivity contribution in [2.45, 2.75) is 5.06 Å². The first-order chi connectivity index (χ1) is 6.61. The highest BCUT2D eigenvalue weighted by molar-refractivity contribution is 6.34. The number of carbonyl (C=O) groups is 1. The summed E-state index contributed by atoms with van der Waals surface area (Å²) in [4.78, 5) is 11.3. The predicted molar refractivity (Wildman–Crippen MR) is 54.1 cm³/mol. The van der Waals surface area contributed by atoms with Gasteiger partial charge in [0.2, 0.25) is 10.8 Å². The van der Waals surface area contributed by atoms with Crippen LogP contribution in [-0.2, 0) is 4.74 Å². The zero-order valence-corrected chi connectivity index (χ0v) is 9.27. The fourth-order valence-corrected chi connectivity index (χ4v) is 1.17. The summed E-state index contributed by atoms with van der Waals surface area (Å²) in [5.41, 5.74) is 0. The van der Waals surface area contributed by atoms with Gasteiger partial charge in [-0.1, -0.05) is 11.6 Å². The number of esters is 1. The van der Waals surface area contributed by atoms with Crippen molar-refractivity contribution in [2.24, 2.45) is 0 Å². The van der Waals surface area contributed by atoms with Crippen LogP contribution in [0.5, 0.6) is 0 Å². The van der Waals surface area contributed by atoms with Crippen LogP contribution in [0.25, 0.3) is 0 Å². The average molecular weight is 258 g/mol. The van der Waals surface area contributed by atoms with E-state index in [1.54, 1.807) is 6.07 Å². The van der Waals surface area contributed by atoms with Gasteiger partial charge in [0.15, 0.2) is 0 Å². The lowest BCUT2D eigenvalue weighted by atomic mass is 10.4. The van der Waals surface area contributed by atoms with E-state index in [9.17, 15) is 4.79 Å². The molecule has 78 valence electrons. The Balaban J connectivity index is 2.65. The van der Waals surface area contributed by atoms with Crippen molar-refractivity contribution in [1.82, 2.24) is 0 Å². The highest BCUT2D eigenvalue weighted by Crippen LogP contribution is 2.22. The molecule has 1 aromatic heterocycles. The molecule has 0 amide bonds. The first kappa shape index (κ1) is 11.7. The third-order valence-corrected chi connectivity index (χ3v) is 2.88. The first-order valence-electron chi connectivity index (χ1n) is 3.69. The standard InChI is InChI=1S/C8H7Cl3O3/c9-4-8(11,5-10)14-7(12)6-2-1-3-13-6/h1-3H,4-5H2. The van der Waals surface area contributed by atoms with E-state index in [0.717, 1.165) is 0 Å². The minimum Gasteiger partial charge on any atom is -0.457 e. The van der Waals surface area contributed by atoms with Crippen molar-refractivity contribution < 1.29 is 13.9 Å². The van der Waals surface area contributed by atoms with E-state index in [-0.39, 0.29) is 17.5 Å². The Bertz CT molecular complexity index is 293. The Labute approximate surface area is 95.9 Å². The fourth-order valence-electron chi connectivity index (χ4n) is 0.701. The first-order valence-corrected chi connectivity index (χ1v) is 5.14. The quantitative estimate of drug-likeness (QED) is 0.615. The van der Waals surface area contributed by atoms with E-state index in [1.165, 1.54) is 12.3 Å². The molecule has 0 aliphatic carbocycles. The van der Waals surface area contributed by atoms with E-state index in [4.69, 9.17) is 44.0 Å². The normalized spacial score (nSPS) is 11.4. The Kier molecular flexibility index (Phi) is 4.11. The van der Waals surface area contributed by atoms with Crippen LogP contribution in [0.4, 0.5) is 0 Å². The molecule has 0 bridgehead atoms. The second kappa shape index (κ2) is 4.91. The Hall–Kier alpha value is -0.380. The van der Waals surface area contributed by atoms with Gasteiger partial charge in [-0.25, -0.2) is 4.79 Å². The largest absolute Gasteiger partial charge is 0.457 e. The molecule has 0 unspecified atom stereocenters. The van der Waals surface area contributed by atoms with Crippen LogP contribution >= 0.6 is 34.8 Å². The molecule has 0 aromatic carbocycles. The van der Waals surface area contributed by atoms with E-state index in [1.807, 2.05) is 0 Å². The summed E-state index contributed by atoms with van der Waals surface area (Å²) in [7, 11) is 0. The van der Waals surface area contributed by atoms with Crippen molar-refractivity contribution >= 4 is 40.8 Å². The number of hydrogen-bond acceptors (Lipinski definition) is 3. The lowest BCUT2D eigenvalue weighted by Gasteiger charge is -2.20. The Morgan fingerprint density at radius 2 is 2.14 bits per heavy atom. The minimum absolute atomic E-state index is 0.0604. The zero-order chi connectivity index (χ0) is 10.6. The van der Waals surface area contributed by atoms with E-state index < -0.39 is 11.0 Å². The molecule has 6 heteroatoms. The number of rotatable bonds is 4. The molecule has 1 aromatic rings. The number of halogens is 3. The number of alkyl halides is 3. The molecule has 3 nitrogen and oxygen atoms in total. The smallest absolute Gasteiger partial charge is 0.376 e. The van der Waals surface area contributed by atoms with Gasteiger partial charge < -0.3 is 9.15 Å². The monoisotopic (exact) mass is 256 g/mol. The van der Waals surface area contributed by atoms with Crippen LogP contribution in [0.15, 0.2) is 22.8 Å². The van der Waals surface area contributed by atoms with Crippen LogP contribution in [0, 0.1) is 0 Å². The average Bonchev–Trinajstić information content (AvgIpc) is 2.70. The summed E-state index contributed by atoms with van der Waals surface area (Å²) in [5, 5.41) is -1.38. The lowest BCUT2D eigenvalue weighted by molar-refractivity contribution is 0.0257. The number of ether oxygens (including phenoxy) is 1. The maximum atomic E-state index is 11.3. The van der Waals surface area contributed by atoms with E-state index >= 15 is 0 Å². The summed E-state index contributed by atoms with van der Waals surface area (Å²) >= 11 is 16.8. The Morgan fingerprint density at radius 1 is 1.50 bits per heavy atom. The molecule has 14 heavy (non-hydrogen) atoms. The number of furan rings is 1. The summed E-state index contributed by atoms with van der Waals surface area (Å²) < 4.78 is 9.66. The van der Waals surface area contributed by atoms with Crippen molar-refractivity contribution in [3.05, 3.63) is 24.2 Å². The molecule has 0 N–H and O–H groups in total. The van der Waals surface area contributed by atoms with Gasteiger partial charge in [0, 0.05) is 0 Å². The number of carbonyl (C=O) groups excluding carboxylic acids is 1. The minimum atomic E-state index is -1.38. The predicted octanol–water partition coefficient (Wildman–Crippen LogP) is 2.85. The summed E-state index contributed by atoms with van der Waals surface area (Å²) in [5.74, 6) is -0.814. The van der Waals surface area contributed by atoms with E-state index in [0.29, 0.717) is 0 Å². The van der Waals surface area contributed by atoms with Gasteiger partial charge in [-0.05, 0) is 12.1 Å². The molecule has 0 aliphatic heterocycles. The lowest BCUT2D eigenvalue weighted by Crippen LogP contribution is -2.32. The number of hydrogen-bond donors (Lipinski definition) is 0. The zero-order valence-electron chi connectivity index (χ0n) is 7.00. The molecule has 0 spiro atoms. The van der Waals surface area contributed by atoms with Crippen molar-refractivity contribution in [3.63, 3.8) is 0 Å². The second-order valence-corrected chi connectivity index (χ2v) is 3.74. The summed E-state index contributed by atoms with van der Waals surface area (Å²) in [6.45, 7) is 0. The van der Waals surface area contributed by atoms with Gasteiger partial charge in [0.05, 0.1) is 18.0 Å². The maximum Gasteiger partial charge on any atom is 0.376 e. The van der Waals surface area contributed by atoms with Crippen molar-refractivity contribution in [3.8, 4) is 0 Å². The summed E-state index contributed by atoms with van der Waals surface area (Å²) in [6.07, 6.45) is 1.36. The van der Waals surface area contributed by atoms with Gasteiger partial charge in [-0.2, -0.15) is 0 Å². The third kappa shape index (κ3) is 2.80. The fraction of sp³-hybridized carbons (Fsp3) is 0.375. The molecular formula is C8H7Cl3O3. The molecule has 1 heterocycles. The molecular weight excluding hydrogens is 250 g/mol. The van der Waals surface area contributed by atoms with Gasteiger partial charge in [-0.3, -0.25) is 0 Å². The molecule has 0 atom stereocenters. The van der Waals surface area contributed by atoms with Crippen molar-refractivity contribution in [1.29, 1.82) is 0 Å². The molecule has 0 saturated heterocycles. The highest BCUT2D eigenvalue weighted by Gasteiger charge is 2.31. The van der Waals surface area contributed by atoms with Crippen LogP contribution in [0.2, 0.25) is 0 Å². The molecule has 0 radical (unpaired) electrons. The Morgan fingerprint density at radius 3 is 2.57 bits per heavy atom. The molecule has 0 aliphatic rings. The van der Waals surface area contributed by atoms with E-state index in [2.05, 4.69) is 0 Å². The maximum absolute atomic E-state index is 11.3. The van der Waals surface area contributed by atoms with Crippen LogP contribution in [0.1, 0.15) is 10.6 Å². The van der Waals surface area contributed by atoms with Crippen LogP contribution in [-0.4, -0.2) is 22.8 Å². The third-order valence-electron chi connectivity index (χ3n) is 1.40. The molecule has 1 rings (SSSR count). The van der Waals surface area contributed by atoms with Crippen LogP contribution < -0.4 is 0 Å². The second-order valence-electron chi connectivity index (χ2n) is 2.52. The highest BCUT2D eigenvalue weighted by atomic mass is 35.5. The summed E-state index contributed by atoms with van der Waals surface area (Å²) in [6, 6.07) is 3.02. The van der Waals surface area contributed by atoms with Gasteiger partial charge in [0.25, 0.3) is 0 Å². The van der Waals surface area contributed by atoms with Gasteiger partial charge in [0.1, 0.15) is 0 Å². The SMILES string of the molecule is O=C(OC(Cl)(CCl)CCl)c1ccco1. The topological polar surface area (TPSA) is 39.4 Å². The molecule has 0 fully saturated rings. The van der Waals surface area contributed by atoms with Gasteiger partial charge >= 0.3 is 5.97 Å². The van der Waals surface area contributed by atoms with Crippen molar-refractivity contribution in [2.75, 3.05) is 11.8 Å².